The van der Waals surface area contributed by atoms with Crippen molar-refractivity contribution in [2.24, 2.45) is 64.1 Å². The van der Waals surface area contributed by atoms with Gasteiger partial charge in [0.15, 0.2) is 0 Å². The molecule has 1 saturated heterocycles. The molecule has 4 fully saturated rings. The van der Waals surface area contributed by atoms with Gasteiger partial charge in [0.25, 0.3) is 0 Å². The van der Waals surface area contributed by atoms with Crippen LogP contribution in [0.4, 0.5) is 49.1 Å². The van der Waals surface area contributed by atoms with Crippen molar-refractivity contribution in [1.29, 1.82) is 0 Å². The molecule has 1 aliphatic heterocycles. The van der Waals surface area contributed by atoms with Gasteiger partial charge in [-0.1, -0.05) is 6.92 Å². The molecule has 3 saturated carbocycles. The van der Waals surface area contributed by atoms with Crippen LogP contribution in [0, 0.1) is 64.1 Å². The highest BCUT2D eigenvalue weighted by Crippen LogP contribution is 2.64. The zero-order valence-corrected chi connectivity index (χ0v) is 46.2. The zero-order valence-electron chi connectivity index (χ0n) is 46.2. The van der Waals surface area contributed by atoms with Crippen LogP contribution < -0.4 is 0 Å². The number of carbonyl (C=O) groups is 7. The molecule has 1 heterocycles. The van der Waals surface area contributed by atoms with Crippen LogP contribution in [0.25, 0.3) is 0 Å². The smallest absolute Gasteiger partial charge is 0.462 e. The Morgan fingerprint density at radius 3 is 1.46 bits per heavy atom. The third-order valence-electron chi connectivity index (χ3n) is 15.0. The van der Waals surface area contributed by atoms with Crippen LogP contribution in [-0.4, -0.2) is 100 Å². The van der Waals surface area contributed by atoms with Gasteiger partial charge in [-0.15, -0.1) is 0 Å². The van der Waals surface area contributed by atoms with Crippen molar-refractivity contribution >= 4 is 42.2 Å². The van der Waals surface area contributed by atoms with Crippen molar-refractivity contribution in [3.8, 4) is 0 Å². The maximum absolute atomic E-state index is 15.4. The number of ether oxygens (including phenoxy) is 8. The SMILES string of the molecule is CCC(C)(C(=O)OC1CC(C(C)(OC(=O)OC(C)(C)C)C(F)(F)F)CC(C(OC(=O)OC(C)(C)C)(C(F)(F)F)C(F)(F)F)C1)C1C(=O)OC(=O)C1C1C2CC(C(=O)OC(C)(C)C)C(C2)C1CC(C)(C)C(=O)OC(C)(C)C. The van der Waals surface area contributed by atoms with Crippen LogP contribution in [0.1, 0.15) is 163 Å². The molecule has 12 unspecified atom stereocenters. The minimum Gasteiger partial charge on any atom is -0.462 e. The van der Waals surface area contributed by atoms with Crippen molar-refractivity contribution in [3.05, 3.63) is 0 Å². The van der Waals surface area contributed by atoms with Crippen LogP contribution >= 0.6 is 0 Å². The standard InChI is InChI=1S/C52H75F9O15/c1-18-47(16,34-33(36(63)70-37(34)64)32-25-19-29(30(20-25)35(62)71-42(2,3)4)31(32)24-46(14,15)38(65)72-43(5,6)7)39(66)69-28-22-26(48(17,50(53,54)55)75-40(67)73-44(8,9)10)21-27(23-28)49(51(56,57)58,52(59,60)61)76-41(68)74-45(11,12)13/h25-34H,18-24H2,1-17H3. The summed E-state index contributed by atoms with van der Waals surface area (Å²) in [6.45, 7) is 22.7. The lowest BCUT2D eigenvalue weighted by atomic mass is 9.58. The fourth-order valence-electron chi connectivity index (χ4n) is 11.6. The number of cyclic esters (lactones) is 2. The summed E-state index contributed by atoms with van der Waals surface area (Å²) in [6, 6.07) is 0. The Morgan fingerprint density at radius 2 is 1.01 bits per heavy atom. The number of halogens is 9. The maximum atomic E-state index is 15.4. The predicted molar refractivity (Wildman–Crippen MR) is 248 cm³/mol. The maximum Gasteiger partial charge on any atom is 0.510 e. The van der Waals surface area contributed by atoms with Gasteiger partial charge in [0, 0.05) is 11.8 Å². The van der Waals surface area contributed by atoms with Crippen LogP contribution in [0.15, 0.2) is 0 Å². The summed E-state index contributed by atoms with van der Waals surface area (Å²) in [6.07, 6.45) is -30.7. The highest BCUT2D eigenvalue weighted by molar-refractivity contribution is 6.00. The van der Waals surface area contributed by atoms with E-state index in [4.69, 9.17) is 33.2 Å². The van der Waals surface area contributed by atoms with Gasteiger partial charge in [-0.2, -0.15) is 39.5 Å². The van der Waals surface area contributed by atoms with E-state index in [1.165, 1.54) is 27.7 Å². The van der Waals surface area contributed by atoms with Crippen molar-refractivity contribution in [2.75, 3.05) is 0 Å². The first-order chi connectivity index (χ1) is 33.8. The van der Waals surface area contributed by atoms with Crippen LogP contribution in [0.2, 0.25) is 0 Å². The van der Waals surface area contributed by atoms with Crippen molar-refractivity contribution < 1.29 is 111 Å². The molecule has 0 aromatic rings. The molecule has 0 amide bonds. The molecule has 0 aromatic heterocycles. The number of alkyl halides is 9. The molecule has 0 aromatic carbocycles. The van der Waals surface area contributed by atoms with Gasteiger partial charge < -0.3 is 37.9 Å². The summed E-state index contributed by atoms with van der Waals surface area (Å²) in [5, 5.41) is 0. The van der Waals surface area contributed by atoms with Crippen molar-refractivity contribution in [1.82, 2.24) is 0 Å². The molecule has 4 aliphatic rings. The van der Waals surface area contributed by atoms with E-state index in [9.17, 15) is 33.6 Å². The molecule has 0 radical (unpaired) electrons. The molecule has 3 aliphatic carbocycles. The van der Waals surface area contributed by atoms with Gasteiger partial charge in [0.05, 0.1) is 28.6 Å². The summed E-state index contributed by atoms with van der Waals surface area (Å²) in [7, 11) is 0. The number of hydrogen-bond donors (Lipinski definition) is 0. The van der Waals surface area contributed by atoms with Gasteiger partial charge in [-0.3, -0.25) is 24.0 Å². The molecule has 0 N–H and O–H groups in total. The summed E-state index contributed by atoms with van der Waals surface area (Å²) >= 11 is 0. The number of fused-ring (bicyclic) bond motifs is 2. The zero-order chi connectivity index (χ0) is 58.9. The molecular weight excluding hydrogens is 1040 g/mol. The number of rotatable bonds is 13. The number of esters is 5. The van der Waals surface area contributed by atoms with E-state index in [2.05, 4.69) is 4.74 Å². The van der Waals surface area contributed by atoms with Crippen molar-refractivity contribution in [2.45, 2.75) is 221 Å². The Hall–Kier alpha value is -4.54. The third kappa shape index (κ3) is 13.6. The quantitative estimate of drug-likeness (QED) is 0.0731. The summed E-state index contributed by atoms with van der Waals surface area (Å²) < 4.78 is 180. The van der Waals surface area contributed by atoms with Gasteiger partial charge in [0.1, 0.15) is 28.5 Å². The molecule has 4 rings (SSSR count). The lowest BCUT2D eigenvalue weighted by molar-refractivity contribution is -0.392. The third-order valence-corrected chi connectivity index (χ3v) is 15.0. The largest absolute Gasteiger partial charge is 0.510 e. The first-order valence-corrected chi connectivity index (χ1v) is 25.3. The van der Waals surface area contributed by atoms with E-state index in [1.807, 2.05) is 0 Å². The summed E-state index contributed by atoms with van der Waals surface area (Å²) in [5.74, 6) is -18.0. The Labute approximate surface area is 437 Å². The Bertz CT molecular complexity index is 2200. The second-order valence-corrected chi connectivity index (χ2v) is 26.0. The highest BCUT2D eigenvalue weighted by Gasteiger charge is 2.79. The average Bonchev–Trinajstić information content (AvgIpc) is 3.85. The molecule has 0 spiro atoms. The monoisotopic (exact) mass is 1110 g/mol. The fraction of sp³-hybridized carbons (Fsp3) is 0.865. The second-order valence-electron chi connectivity index (χ2n) is 26.0. The lowest BCUT2D eigenvalue weighted by Gasteiger charge is -2.49. The molecule has 76 heavy (non-hydrogen) atoms. The van der Waals surface area contributed by atoms with E-state index in [1.54, 1.807) is 55.4 Å². The number of hydrogen-bond acceptors (Lipinski definition) is 15. The summed E-state index contributed by atoms with van der Waals surface area (Å²) in [5.41, 5.74) is -18.4. The fourth-order valence-corrected chi connectivity index (χ4v) is 11.6. The van der Waals surface area contributed by atoms with E-state index >= 15 is 39.5 Å². The first kappa shape index (κ1) is 64.0. The van der Waals surface area contributed by atoms with E-state index in [0.717, 1.165) is 27.7 Å². The molecule has 24 heteroatoms. The highest BCUT2D eigenvalue weighted by atomic mass is 19.4. The molecule has 436 valence electrons. The summed E-state index contributed by atoms with van der Waals surface area (Å²) in [4.78, 5) is 96.7. The minimum atomic E-state index is -6.67. The Balaban J connectivity index is 1.90. The predicted octanol–water partition coefficient (Wildman–Crippen LogP) is 12.1. The molecule has 2 bridgehead atoms. The lowest BCUT2D eigenvalue weighted by Crippen LogP contribution is -2.67. The molecule has 12 atom stereocenters. The number of carbonyl (C=O) groups excluding carboxylic acids is 7. The second kappa shape index (κ2) is 20.9. The van der Waals surface area contributed by atoms with Gasteiger partial charge >= 0.3 is 66.3 Å². The first-order valence-electron chi connectivity index (χ1n) is 25.3. The van der Waals surface area contributed by atoms with E-state index < -0.39 is 190 Å². The van der Waals surface area contributed by atoms with Crippen LogP contribution in [0.3, 0.4) is 0 Å². The van der Waals surface area contributed by atoms with E-state index in [-0.39, 0.29) is 26.2 Å². The molecule has 15 nitrogen and oxygen atoms in total. The van der Waals surface area contributed by atoms with Crippen LogP contribution in [-0.2, 0) is 61.9 Å². The van der Waals surface area contributed by atoms with E-state index in [0.29, 0.717) is 0 Å². The topological polar surface area (TPSA) is 193 Å². The van der Waals surface area contributed by atoms with Gasteiger partial charge in [0.2, 0.25) is 5.60 Å². The average molecular weight is 1110 g/mol. The minimum absolute atomic E-state index is 0.0370. The van der Waals surface area contributed by atoms with Crippen LogP contribution in [0.5, 0.6) is 0 Å². The molecular formula is C52H75F9O15. The normalized spacial score (nSPS) is 28.6. The Kier molecular flexibility index (Phi) is 17.6. The van der Waals surface area contributed by atoms with Crippen molar-refractivity contribution in [3.63, 3.8) is 0 Å². The van der Waals surface area contributed by atoms with Gasteiger partial charge in [-0.05, 0) is 179 Å². The Morgan fingerprint density at radius 1 is 0.539 bits per heavy atom. The van der Waals surface area contributed by atoms with Gasteiger partial charge in [-0.25, -0.2) is 9.59 Å².